The van der Waals surface area contributed by atoms with E-state index in [0.717, 1.165) is 6.07 Å². The molecule has 0 atom stereocenters. The molecule has 0 unspecified atom stereocenters. The predicted molar refractivity (Wildman–Crippen MR) is 76.5 cm³/mol. The topological polar surface area (TPSA) is 110 Å². The quantitative estimate of drug-likeness (QED) is 0.619. The number of hydrogen-bond acceptors (Lipinski definition) is 4. The molecule has 1 rings (SSSR count). The number of carboxylic acid groups (broad SMARTS) is 1. The van der Waals surface area contributed by atoms with E-state index in [9.17, 15) is 19.7 Å². The number of carbonyl (C=O) groups is 2. The number of hydrogen-bond donors (Lipinski definition) is 2. The first-order valence-corrected chi connectivity index (χ1v) is 6.48. The normalized spacial score (nSPS) is 11.0. The number of nitro groups is 1. The highest BCUT2D eigenvalue weighted by Crippen LogP contribution is 2.25. The Hall–Kier alpha value is -2.15. The first kappa shape index (κ1) is 16.9. The van der Waals surface area contributed by atoms with Gasteiger partial charge < -0.3 is 10.4 Å². The number of aliphatic carboxylic acids is 1. The Kier molecular flexibility index (Phi) is 5.26. The van der Waals surface area contributed by atoms with Gasteiger partial charge in [0.05, 0.1) is 4.92 Å². The smallest absolute Gasteiger partial charge is 0.303 e. The van der Waals surface area contributed by atoms with Gasteiger partial charge >= 0.3 is 5.97 Å². The molecule has 0 aliphatic heterocycles. The Morgan fingerprint density at radius 3 is 2.52 bits per heavy atom. The lowest BCUT2D eigenvalue weighted by atomic mass is 9.97. The number of nitro benzene ring substituents is 1. The molecule has 0 bridgehead atoms. The molecule has 21 heavy (non-hydrogen) atoms. The summed E-state index contributed by atoms with van der Waals surface area (Å²) in [5.74, 6) is -1.42. The van der Waals surface area contributed by atoms with Crippen LogP contribution in [0.3, 0.4) is 0 Å². The van der Waals surface area contributed by atoms with Gasteiger partial charge in [-0.3, -0.25) is 19.7 Å². The number of carboxylic acids is 1. The maximum absolute atomic E-state index is 12.1. The SMILES string of the molecule is CC(C)(CCC(=O)O)NC(=O)c1ccc([N+](=O)[O-])c(Cl)c1. The van der Waals surface area contributed by atoms with Crippen LogP contribution in [0.2, 0.25) is 5.02 Å². The summed E-state index contributed by atoms with van der Waals surface area (Å²) in [6, 6.07) is 3.66. The summed E-state index contributed by atoms with van der Waals surface area (Å²) in [6.45, 7) is 3.39. The summed E-state index contributed by atoms with van der Waals surface area (Å²) in [5.41, 5.74) is -0.823. The van der Waals surface area contributed by atoms with Gasteiger partial charge in [0.2, 0.25) is 0 Å². The van der Waals surface area contributed by atoms with Crippen molar-refractivity contribution in [2.24, 2.45) is 0 Å². The molecule has 0 aliphatic carbocycles. The zero-order valence-corrected chi connectivity index (χ0v) is 12.3. The Balaban J connectivity index is 2.82. The maximum atomic E-state index is 12.1. The molecule has 1 amide bonds. The van der Waals surface area contributed by atoms with E-state index in [4.69, 9.17) is 16.7 Å². The van der Waals surface area contributed by atoms with Crippen molar-refractivity contribution >= 4 is 29.2 Å². The third-order valence-electron chi connectivity index (χ3n) is 2.82. The van der Waals surface area contributed by atoms with Crippen molar-refractivity contribution in [1.82, 2.24) is 5.32 Å². The Morgan fingerprint density at radius 1 is 1.43 bits per heavy atom. The van der Waals surface area contributed by atoms with Gasteiger partial charge in [0, 0.05) is 23.6 Å². The highest BCUT2D eigenvalue weighted by molar-refractivity contribution is 6.33. The fraction of sp³-hybridized carbons (Fsp3) is 0.385. The van der Waals surface area contributed by atoms with E-state index in [0.29, 0.717) is 0 Å². The first-order valence-electron chi connectivity index (χ1n) is 6.10. The monoisotopic (exact) mass is 314 g/mol. The molecule has 0 saturated heterocycles. The van der Waals surface area contributed by atoms with Crippen LogP contribution in [0.1, 0.15) is 37.0 Å². The predicted octanol–water partition coefficient (Wildman–Crippen LogP) is 2.62. The second-order valence-corrected chi connectivity index (χ2v) is 5.56. The molecular formula is C13H15ClN2O5. The van der Waals surface area contributed by atoms with Crippen molar-refractivity contribution in [1.29, 1.82) is 0 Å². The molecule has 0 heterocycles. The van der Waals surface area contributed by atoms with Gasteiger partial charge in [0.1, 0.15) is 5.02 Å². The van der Waals surface area contributed by atoms with Crippen molar-refractivity contribution in [3.05, 3.63) is 38.9 Å². The number of amides is 1. The van der Waals surface area contributed by atoms with E-state index >= 15 is 0 Å². The molecule has 0 aromatic heterocycles. The van der Waals surface area contributed by atoms with Crippen molar-refractivity contribution in [2.75, 3.05) is 0 Å². The lowest BCUT2D eigenvalue weighted by Gasteiger charge is -2.25. The summed E-state index contributed by atoms with van der Waals surface area (Å²) in [4.78, 5) is 32.6. The number of nitrogens with one attached hydrogen (secondary N) is 1. The molecular weight excluding hydrogens is 300 g/mol. The number of halogens is 1. The highest BCUT2D eigenvalue weighted by atomic mass is 35.5. The van der Waals surface area contributed by atoms with Crippen molar-refractivity contribution in [3.8, 4) is 0 Å². The Bertz CT molecular complexity index is 586. The summed E-state index contributed by atoms with van der Waals surface area (Å²) in [7, 11) is 0. The lowest BCUT2D eigenvalue weighted by Crippen LogP contribution is -2.43. The third-order valence-corrected chi connectivity index (χ3v) is 3.13. The van der Waals surface area contributed by atoms with Gasteiger partial charge in [-0.2, -0.15) is 0 Å². The lowest BCUT2D eigenvalue weighted by molar-refractivity contribution is -0.384. The van der Waals surface area contributed by atoms with Gasteiger partial charge in [0.25, 0.3) is 11.6 Å². The number of carbonyl (C=O) groups excluding carboxylic acids is 1. The second kappa shape index (κ2) is 6.53. The standard InChI is InChI=1S/C13H15ClN2O5/c1-13(2,6-5-11(17)18)15-12(19)8-3-4-10(16(20)21)9(14)7-8/h3-4,7H,5-6H2,1-2H3,(H,15,19)(H,17,18). The van der Waals surface area contributed by atoms with Crippen LogP contribution in [0.15, 0.2) is 18.2 Å². The molecule has 0 aliphatic rings. The van der Waals surface area contributed by atoms with Crippen LogP contribution < -0.4 is 5.32 Å². The minimum atomic E-state index is -0.948. The summed E-state index contributed by atoms with van der Waals surface area (Å²) in [6.07, 6.45) is 0.184. The van der Waals surface area contributed by atoms with Crippen LogP contribution in [0, 0.1) is 10.1 Å². The van der Waals surface area contributed by atoms with Gasteiger partial charge in [0.15, 0.2) is 0 Å². The molecule has 114 valence electrons. The van der Waals surface area contributed by atoms with Gasteiger partial charge in [-0.25, -0.2) is 0 Å². The van der Waals surface area contributed by atoms with E-state index < -0.39 is 22.3 Å². The zero-order valence-electron chi connectivity index (χ0n) is 11.6. The van der Waals surface area contributed by atoms with Crippen LogP contribution in [-0.2, 0) is 4.79 Å². The number of rotatable bonds is 6. The molecule has 1 aromatic rings. The molecule has 7 nitrogen and oxygen atoms in total. The molecule has 0 spiro atoms. The first-order chi connectivity index (χ1) is 9.62. The van der Waals surface area contributed by atoms with Crippen molar-refractivity contribution in [3.63, 3.8) is 0 Å². The van der Waals surface area contributed by atoms with Crippen LogP contribution in [-0.4, -0.2) is 27.4 Å². The van der Waals surface area contributed by atoms with Gasteiger partial charge in [-0.1, -0.05) is 11.6 Å². The van der Waals surface area contributed by atoms with E-state index in [1.165, 1.54) is 12.1 Å². The summed E-state index contributed by atoms with van der Waals surface area (Å²) >= 11 is 5.74. The van der Waals surface area contributed by atoms with Gasteiger partial charge in [-0.05, 0) is 32.4 Å². The average molecular weight is 315 g/mol. The average Bonchev–Trinajstić information content (AvgIpc) is 2.35. The zero-order chi connectivity index (χ0) is 16.2. The van der Waals surface area contributed by atoms with Crippen LogP contribution in [0.4, 0.5) is 5.69 Å². The van der Waals surface area contributed by atoms with E-state index in [2.05, 4.69) is 5.32 Å². The minimum Gasteiger partial charge on any atom is -0.481 e. The minimum absolute atomic E-state index is 0.0751. The largest absolute Gasteiger partial charge is 0.481 e. The molecule has 0 saturated carbocycles. The molecule has 0 fully saturated rings. The Labute approximate surface area is 126 Å². The number of nitrogens with zero attached hydrogens (tertiary/aromatic N) is 1. The van der Waals surface area contributed by atoms with E-state index in [1.54, 1.807) is 13.8 Å². The Morgan fingerprint density at radius 2 is 2.05 bits per heavy atom. The third kappa shape index (κ3) is 5.03. The molecule has 8 heteroatoms. The summed E-state index contributed by atoms with van der Waals surface area (Å²) < 4.78 is 0. The molecule has 2 N–H and O–H groups in total. The van der Waals surface area contributed by atoms with Crippen LogP contribution in [0.25, 0.3) is 0 Å². The van der Waals surface area contributed by atoms with E-state index in [1.807, 2.05) is 0 Å². The van der Waals surface area contributed by atoms with Crippen LogP contribution >= 0.6 is 11.6 Å². The second-order valence-electron chi connectivity index (χ2n) is 5.16. The fourth-order valence-corrected chi connectivity index (χ4v) is 1.91. The number of benzene rings is 1. The van der Waals surface area contributed by atoms with Gasteiger partial charge in [-0.15, -0.1) is 0 Å². The molecule has 0 radical (unpaired) electrons. The fourth-order valence-electron chi connectivity index (χ4n) is 1.66. The van der Waals surface area contributed by atoms with Crippen LogP contribution in [0.5, 0.6) is 0 Å². The summed E-state index contributed by atoms with van der Waals surface area (Å²) in [5, 5.41) is 21.8. The van der Waals surface area contributed by atoms with Crippen molar-refractivity contribution < 1.29 is 19.6 Å². The maximum Gasteiger partial charge on any atom is 0.303 e. The van der Waals surface area contributed by atoms with E-state index in [-0.39, 0.29) is 29.1 Å². The van der Waals surface area contributed by atoms with Crippen molar-refractivity contribution in [2.45, 2.75) is 32.2 Å². The highest BCUT2D eigenvalue weighted by Gasteiger charge is 2.23. The molecule has 1 aromatic carbocycles.